The van der Waals surface area contributed by atoms with Crippen LogP contribution in [0.15, 0.2) is 18.2 Å². The van der Waals surface area contributed by atoms with Gasteiger partial charge in [0, 0.05) is 24.0 Å². The maximum atomic E-state index is 8.96. The lowest BCUT2D eigenvalue weighted by atomic mass is 10.1. The van der Waals surface area contributed by atoms with Crippen LogP contribution < -0.4 is 11.1 Å². The van der Waals surface area contributed by atoms with E-state index >= 15 is 0 Å². The number of hydrogen-bond acceptors (Lipinski definition) is 4. The number of anilines is 2. The molecule has 1 atom stereocenters. The van der Waals surface area contributed by atoms with Gasteiger partial charge in [-0.1, -0.05) is 6.42 Å². The SMILES string of the molecule is CC(CNc1ccc(N)c(C#N)c1)N1CCCCC1. The molecule has 0 saturated carbocycles. The first kappa shape index (κ1) is 13.7. The quantitative estimate of drug-likeness (QED) is 0.814. The maximum Gasteiger partial charge on any atom is 0.101 e. The maximum absolute atomic E-state index is 8.96. The van der Waals surface area contributed by atoms with Gasteiger partial charge in [0.15, 0.2) is 0 Å². The zero-order valence-corrected chi connectivity index (χ0v) is 11.5. The van der Waals surface area contributed by atoms with Gasteiger partial charge in [0.05, 0.1) is 5.56 Å². The number of benzene rings is 1. The van der Waals surface area contributed by atoms with Crippen molar-refractivity contribution in [2.45, 2.75) is 32.2 Å². The molecule has 102 valence electrons. The van der Waals surface area contributed by atoms with Crippen LogP contribution in [0, 0.1) is 11.3 Å². The standard InChI is InChI=1S/C15H22N4/c1-12(19-7-3-2-4-8-19)11-18-14-5-6-15(17)13(9-14)10-16/h5-6,9,12,18H,2-4,7-8,11,17H2,1H3. The number of piperidine rings is 1. The second-order valence-corrected chi connectivity index (χ2v) is 5.24. The number of nitrogens with one attached hydrogen (secondary N) is 1. The molecule has 0 amide bonds. The van der Waals surface area contributed by atoms with Gasteiger partial charge in [0.2, 0.25) is 0 Å². The van der Waals surface area contributed by atoms with Crippen LogP contribution in [-0.4, -0.2) is 30.6 Å². The molecule has 4 nitrogen and oxygen atoms in total. The zero-order chi connectivity index (χ0) is 13.7. The Labute approximate surface area is 115 Å². The third-order valence-corrected chi connectivity index (χ3v) is 3.79. The Morgan fingerprint density at radius 3 is 2.79 bits per heavy atom. The van der Waals surface area contributed by atoms with Gasteiger partial charge < -0.3 is 11.1 Å². The van der Waals surface area contributed by atoms with Crippen LogP contribution in [0.2, 0.25) is 0 Å². The molecule has 1 saturated heterocycles. The molecule has 2 rings (SSSR count). The van der Waals surface area contributed by atoms with E-state index in [4.69, 9.17) is 11.0 Å². The van der Waals surface area contributed by atoms with Crippen LogP contribution in [0.1, 0.15) is 31.7 Å². The van der Waals surface area contributed by atoms with Gasteiger partial charge in [-0.05, 0) is 51.1 Å². The normalized spacial score (nSPS) is 17.7. The fourth-order valence-corrected chi connectivity index (χ4v) is 2.52. The molecular formula is C15H22N4. The van der Waals surface area contributed by atoms with E-state index in [9.17, 15) is 0 Å². The third-order valence-electron chi connectivity index (χ3n) is 3.79. The van der Waals surface area contributed by atoms with Crippen LogP contribution in [0.25, 0.3) is 0 Å². The molecule has 0 aromatic heterocycles. The highest BCUT2D eigenvalue weighted by Crippen LogP contribution is 2.18. The molecule has 1 heterocycles. The van der Waals surface area contributed by atoms with Crippen molar-refractivity contribution in [3.8, 4) is 6.07 Å². The highest BCUT2D eigenvalue weighted by Gasteiger charge is 2.16. The fraction of sp³-hybridized carbons (Fsp3) is 0.533. The first-order valence-electron chi connectivity index (χ1n) is 6.98. The first-order valence-corrected chi connectivity index (χ1v) is 6.98. The molecule has 19 heavy (non-hydrogen) atoms. The van der Waals surface area contributed by atoms with Crippen molar-refractivity contribution in [2.75, 3.05) is 30.7 Å². The predicted octanol–water partition coefficient (Wildman–Crippen LogP) is 2.43. The van der Waals surface area contributed by atoms with E-state index in [1.807, 2.05) is 12.1 Å². The highest BCUT2D eigenvalue weighted by atomic mass is 15.2. The summed E-state index contributed by atoms with van der Waals surface area (Å²) in [5, 5.41) is 12.4. The number of rotatable bonds is 4. The average Bonchev–Trinajstić information content (AvgIpc) is 2.47. The van der Waals surface area contributed by atoms with Crippen molar-refractivity contribution in [3.05, 3.63) is 23.8 Å². The number of nitrogens with zero attached hydrogens (tertiary/aromatic N) is 2. The summed E-state index contributed by atoms with van der Waals surface area (Å²) in [5.41, 5.74) is 7.76. The van der Waals surface area contributed by atoms with Crippen molar-refractivity contribution in [1.29, 1.82) is 5.26 Å². The van der Waals surface area contributed by atoms with Gasteiger partial charge in [0.25, 0.3) is 0 Å². The summed E-state index contributed by atoms with van der Waals surface area (Å²) in [6, 6.07) is 8.16. The Bertz CT molecular complexity index is 458. The number of likely N-dealkylation sites (tertiary alicyclic amines) is 1. The minimum Gasteiger partial charge on any atom is -0.398 e. The zero-order valence-electron chi connectivity index (χ0n) is 11.5. The summed E-state index contributed by atoms with van der Waals surface area (Å²) >= 11 is 0. The lowest BCUT2D eigenvalue weighted by molar-refractivity contribution is 0.180. The lowest BCUT2D eigenvalue weighted by Gasteiger charge is -2.32. The average molecular weight is 258 g/mol. The summed E-state index contributed by atoms with van der Waals surface area (Å²) < 4.78 is 0. The second kappa shape index (κ2) is 6.44. The van der Waals surface area contributed by atoms with Crippen LogP contribution >= 0.6 is 0 Å². The van der Waals surface area contributed by atoms with Crippen LogP contribution in [-0.2, 0) is 0 Å². The van der Waals surface area contributed by atoms with Gasteiger partial charge in [-0.15, -0.1) is 0 Å². The Morgan fingerprint density at radius 2 is 2.11 bits per heavy atom. The van der Waals surface area contributed by atoms with E-state index < -0.39 is 0 Å². The van der Waals surface area contributed by atoms with Crippen LogP contribution in [0.3, 0.4) is 0 Å². The predicted molar refractivity (Wildman–Crippen MR) is 78.9 cm³/mol. The molecule has 4 heteroatoms. The molecule has 1 aliphatic rings. The Balaban J connectivity index is 1.89. The summed E-state index contributed by atoms with van der Waals surface area (Å²) in [4.78, 5) is 2.53. The van der Waals surface area contributed by atoms with Gasteiger partial charge in [-0.3, -0.25) is 4.90 Å². The van der Waals surface area contributed by atoms with E-state index in [0.717, 1.165) is 12.2 Å². The monoisotopic (exact) mass is 258 g/mol. The minimum atomic E-state index is 0.517. The summed E-state index contributed by atoms with van der Waals surface area (Å²) in [6.07, 6.45) is 3.98. The van der Waals surface area contributed by atoms with E-state index in [0.29, 0.717) is 17.3 Å². The largest absolute Gasteiger partial charge is 0.398 e. The van der Waals surface area contributed by atoms with E-state index in [2.05, 4.69) is 23.2 Å². The summed E-state index contributed by atoms with van der Waals surface area (Å²) in [6.45, 7) is 5.55. The number of nitrogen functional groups attached to an aromatic ring is 1. The van der Waals surface area contributed by atoms with Gasteiger partial charge in [0.1, 0.15) is 6.07 Å². The third kappa shape index (κ3) is 3.62. The molecule has 0 spiro atoms. The Hall–Kier alpha value is -1.73. The number of hydrogen-bond donors (Lipinski definition) is 2. The molecule has 1 fully saturated rings. The van der Waals surface area contributed by atoms with E-state index in [-0.39, 0.29) is 0 Å². The van der Waals surface area contributed by atoms with Crippen molar-refractivity contribution in [2.24, 2.45) is 0 Å². The minimum absolute atomic E-state index is 0.517. The molecule has 1 aromatic carbocycles. The van der Waals surface area contributed by atoms with Crippen molar-refractivity contribution in [3.63, 3.8) is 0 Å². The lowest BCUT2D eigenvalue weighted by Crippen LogP contribution is -2.41. The highest BCUT2D eigenvalue weighted by molar-refractivity contribution is 5.61. The second-order valence-electron chi connectivity index (χ2n) is 5.24. The van der Waals surface area contributed by atoms with Gasteiger partial charge in [-0.25, -0.2) is 0 Å². The summed E-state index contributed by atoms with van der Waals surface area (Å²) in [7, 11) is 0. The van der Waals surface area contributed by atoms with Crippen molar-refractivity contribution in [1.82, 2.24) is 4.90 Å². The molecule has 0 radical (unpaired) electrons. The van der Waals surface area contributed by atoms with Gasteiger partial charge >= 0.3 is 0 Å². The smallest absolute Gasteiger partial charge is 0.101 e. The van der Waals surface area contributed by atoms with Crippen molar-refractivity contribution < 1.29 is 0 Å². The fourth-order valence-electron chi connectivity index (χ4n) is 2.52. The van der Waals surface area contributed by atoms with Gasteiger partial charge in [-0.2, -0.15) is 5.26 Å². The van der Waals surface area contributed by atoms with E-state index in [1.54, 1.807) is 6.07 Å². The van der Waals surface area contributed by atoms with Crippen LogP contribution in [0.5, 0.6) is 0 Å². The molecule has 1 unspecified atom stereocenters. The summed E-state index contributed by atoms with van der Waals surface area (Å²) in [5.74, 6) is 0. The number of nitrogens with two attached hydrogens (primary N) is 1. The van der Waals surface area contributed by atoms with Crippen LogP contribution in [0.4, 0.5) is 11.4 Å². The molecule has 1 aliphatic heterocycles. The van der Waals surface area contributed by atoms with Crippen molar-refractivity contribution >= 4 is 11.4 Å². The topological polar surface area (TPSA) is 65.1 Å². The molecule has 1 aromatic rings. The Morgan fingerprint density at radius 1 is 1.37 bits per heavy atom. The van der Waals surface area contributed by atoms with E-state index in [1.165, 1.54) is 32.4 Å². The number of nitriles is 1. The Kier molecular flexibility index (Phi) is 4.64. The first-order chi connectivity index (χ1) is 9.20. The molecular weight excluding hydrogens is 236 g/mol. The molecule has 3 N–H and O–H groups in total. The molecule has 0 aliphatic carbocycles. The molecule has 0 bridgehead atoms.